The number of rotatable bonds is 6. The molecule has 4 aromatic carbocycles. The van der Waals surface area contributed by atoms with Crippen molar-refractivity contribution >= 4 is 53.8 Å². The van der Waals surface area contributed by atoms with E-state index in [1.807, 2.05) is 0 Å². The first-order valence-electron chi connectivity index (χ1n) is 16.1. The molecular formula is C39H44Cl2Zr. The third-order valence-electron chi connectivity index (χ3n) is 11.6. The van der Waals surface area contributed by atoms with Crippen molar-refractivity contribution in [2.24, 2.45) is 11.8 Å². The van der Waals surface area contributed by atoms with Gasteiger partial charge >= 0.3 is 242 Å². The number of allylic oxidation sites excluding steroid dienone is 4. The summed E-state index contributed by atoms with van der Waals surface area (Å²) in [5.41, 5.74) is 6.06. The van der Waals surface area contributed by atoms with Crippen LogP contribution in [-0.4, -0.2) is 4.21 Å². The van der Waals surface area contributed by atoms with Crippen molar-refractivity contribution in [1.29, 1.82) is 0 Å². The van der Waals surface area contributed by atoms with Crippen molar-refractivity contribution in [2.45, 2.75) is 72.5 Å². The Morgan fingerprint density at radius 2 is 1.31 bits per heavy atom. The van der Waals surface area contributed by atoms with Gasteiger partial charge in [0.15, 0.2) is 0 Å². The standard InChI is InChI=1S/C21H13.2C6H11.C5H5.CH2.2ClH.Zr/c1-2-8-15-14(7-1)13-20-18-11-4-3-9-16(18)17-10-5-6-12-19(17)21(15)20;2*1-6-4-2-3-5-6;1-2-4-5-3-1;;;;/h1-10,12H,13H2;2*6H,1-5H2;1-3H,4H2;1H2;2*1H;. The molecule has 0 atom stereocenters. The molecule has 218 valence electrons. The number of fused-ring (bicyclic) bond motifs is 8. The molecule has 0 bridgehead atoms. The number of hydrogen-bond acceptors (Lipinski definition) is 0. The first-order chi connectivity index (χ1) is 19.6. The Morgan fingerprint density at radius 3 is 1.98 bits per heavy atom. The van der Waals surface area contributed by atoms with Crippen molar-refractivity contribution in [1.82, 2.24) is 0 Å². The van der Waals surface area contributed by atoms with Crippen LogP contribution in [0, 0.1) is 11.8 Å². The summed E-state index contributed by atoms with van der Waals surface area (Å²) in [4.78, 5) is 0. The molecule has 0 unspecified atom stereocenters. The Morgan fingerprint density at radius 1 is 0.690 bits per heavy atom. The summed E-state index contributed by atoms with van der Waals surface area (Å²) in [6.45, 7) is 0. The molecule has 2 saturated carbocycles. The first kappa shape index (κ1) is 30.2. The Hall–Kier alpha value is -1.79. The van der Waals surface area contributed by atoms with Crippen LogP contribution in [0.25, 0.3) is 32.7 Å². The van der Waals surface area contributed by atoms with Crippen LogP contribution in [0.1, 0.15) is 68.9 Å². The Labute approximate surface area is 265 Å². The molecule has 3 heteroatoms. The zero-order chi connectivity index (χ0) is 26.8. The van der Waals surface area contributed by atoms with Crippen LogP contribution in [0.3, 0.4) is 0 Å². The SMILES string of the molecule is Cl.Cl.[CH2]=[Zr]([CH2]C1CCCC1)([CH2]C1CCCC1)([C]1=CC=CC1)[c]1cccc2c1c1c(c3ccccc32)-c2ccccc2C1. The number of benzene rings is 4. The summed E-state index contributed by atoms with van der Waals surface area (Å²) in [7, 11) is 0. The van der Waals surface area contributed by atoms with Gasteiger partial charge in [-0.3, -0.25) is 0 Å². The molecule has 2 fully saturated rings. The molecule has 8 rings (SSSR count). The molecule has 0 aromatic heterocycles. The summed E-state index contributed by atoms with van der Waals surface area (Å²) in [5.74, 6) is 1.71. The maximum atomic E-state index is 5.79. The molecule has 0 aliphatic heterocycles. The van der Waals surface area contributed by atoms with E-state index in [1.165, 1.54) is 92.5 Å². The van der Waals surface area contributed by atoms with E-state index in [1.54, 1.807) is 17.5 Å². The second kappa shape index (κ2) is 11.6. The Balaban J connectivity index is 0.00000158. The van der Waals surface area contributed by atoms with Crippen LogP contribution in [0.2, 0.25) is 8.26 Å². The summed E-state index contributed by atoms with van der Waals surface area (Å²) in [6, 6.07) is 25.9. The van der Waals surface area contributed by atoms with Gasteiger partial charge in [-0.25, -0.2) is 0 Å². The Kier molecular flexibility index (Phi) is 8.37. The monoisotopic (exact) mass is 672 g/mol. The van der Waals surface area contributed by atoms with E-state index in [9.17, 15) is 0 Å². The Bertz CT molecular complexity index is 1760. The quantitative estimate of drug-likeness (QED) is 0.157. The van der Waals surface area contributed by atoms with Gasteiger partial charge in [-0.15, -0.1) is 24.8 Å². The summed E-state index contributed by atoms with van der Waals surface area (Å²) >= 11 is -4.02. The number of hydrogen-bond donors (Lipinski definition) is 0. The molecule has 4 aromatic rings. The van der Waals surface area contributed by atoms with E-state index < -0.39 is 18.3 Å². The van der Waals surface area contributed by atoms with E-state index >= 15 is 0 Å². The van der Waals surface area contributed by atoms with Crippen LogP contribution >= 0.6 is 24.8 Å². The van der Waals surface area contributed by atoms with E-state index in [0.717, 1.165) is 24.7 Å². The van der Waals surface area contributed by atoms with Crippen LogP contribution in [0.4, 0.5) is 0 Å². The number of halogens is 2. The van der Waals surface area contributed by atoms with Crippen LogP contribution < -0.4 is 3.27 Å². The fraction of sp³-hybridized carbons (Fsp3) is 0.359. The summed E-state index contributed by atoms with van der Waals surface area (Å²) in [6.07, 6.45) is 20.9. The van der Waals surface area contributed by atoms with Gasteiger partial charge in [-0.2, -0.15) is 0 Å². The molecule has 4 aliphatic carbocycles. The average molecular weight is 675 g/mol. The molecule has 0 spiro atoms. The molecule has 0 nitrogen and oxygen atoms in total. The predicted molar refractivity (Wildman–Crippen MR) is 186 cm³/mol. The zero-order valence-corrected chi connectivity index (χ0v) is 28.8. The van der Waals surface area contributed by atoms with E-state index in [-0.39, 0.29) is 24.8 Å². The molecule has 42 heavy (non-hydrogen) atoms. The predicted octanol–water partition coefficient (Wildman–Crippen LogP) is 11.2. The molecule has 0 heterocycles. The van der Waals surface area contributed by atoms with E-state index in [0.29, 0.717) is 0 Å². The van der Waals surface area contributed by atoms with Gasteiger partial charge in [0.05, 0.1) is 0 Å². The topological polar surface area (TPSA) is 0 Å². The van der Waals surface area contributed by atoms with Crippen molar-refractivity contribution in [3.05, 3.63) is 99.4 Å². The van der Waals surface area contributed by atoms with Gasteiger partial charge in [0.1, 0.15) is 0 Å². The van der Waals surface area contributed by atoms with Crippen molar-refractivity contribution in [3.63, 3.8) is 0 Å². The fourth-order valence-electron chi connectivity index (χ4n) is 9.96. The van der Waals surface area contributed by atoms with Crippen LogP contribution in [0.5, 0.6) is 0 Å². The van der Waals surface area contributed by atoms with Gasteiger partial charge in [-0.05, 0) is 0 Å². The third-order valence-corrected chi connectivity index (χ3v) is 28.9. The second-order valence-corrected chi connectivity index (χ2v) is 28.4. The van der Waals surface area contributed by atoms with Crippen LogP contribution in [0.15, 0.2) is 88.2 Å². The van der Waals surface area contributed by atoms with E-state index in [2.05, 4.69) is 85.0 Å². The normalized spacial score (nSPS) is 18.6. The fourth-order valence-corrected chi connectivity index (χ4v) is 29.0. The molecule has 0 radical (unpaired) electrons. The van der Waals surface area contributed by atoms with Gasteiger partial charge in [0, 0.05) is 0 Å². The summed E-state index contributed by atoms with van der Waals surface area (Å²) < 4.78 is 12.1. The molecular weight excluding hydrogens is 631 g/mol. The van der Waals surface area contributed by atoms with Gasteiger partial charge in [-0.1, -0.05) is 0 Å². The first-order valence-corrected chi connectivity index (χ1v) is 23.8. The second-order valence-electron chi connectivity index (χ2n) is 13.9. The minimum absolute atomic E-state index is 0. The molecule has 0 N–H and O–H groups in total. The third kappa shape index (κ3) is 4.60. The minimum atomic E-state index is -4.02. The average Bonchev–Trinajstić information content (AvgIpc) is 3.80. The van der Waals surface area contributed by atoms with Crippen molar-refractivity contribution in [2.75, 3.05) is 0 Å². The van der Waals surface area contributed by atoms with Gasteiger partial charge in [0.25, 0.3) is 0 Å². The van der Waals surface area contributed by atoms with Gasteiger partial charge in [0.2, 0.25) is 0 Å². The maximum absolute atomic E-state index is 5.79. The molecule has 0 saturated heterocycles. The van der Waals surface area contributed by atoms with Crippen molar-refractivity contribution in [3.8, 4) is 11.1 Å². The zero-order valence-electron chi connectivity index (χ0n) is 24.7. The molecule has 0 amide bonds. The van der Waals surface area contributed by atoms with E-state index in [4.69, 9.17) is 4.21 Å². The van der Waals surface area contributed by atoms with Gasteiger partial charge < -0.3 is 0 Å². The molecule has 4 aliphatic rings. The van der Waals surface area contributed by atoms with Crippen molar-refractivity contribution < 1.29 is 18.3 Å². The summed E-state index contributed by atoms with van der Waals surface area (Å²) in [5, 5.41) is 5.95. The van der Waals surface area contributed by atoms with Crippen LogP contribution in [-0.2, 0) is 24.7 Å².